The molecule has 0 saturated carbocycles. The van der Waals surface area contributed by atoms with Gasteiger partial charge >= 0.3 is 0 Å². The van der Waals surface area contributed by atoms with Crippen molar-refractivity contribution < 1.29 is 4.74 Å². The smallest absolute Gasteiger partial charge is 0.194 e. The molecule has 5 nitrogen and oxygen atoms in total. The van der Waals surface area contributed by atoms with E-state index in [2.05, 4.69) is 34.3 Å². The Kier molecular flexibility index (Phi) is 7.26. The number of guanidine groups is 1. The highest BCUT2D eigenvalue weighted by atomic mass is 16.5. The molecule has 0 saturated heterocycles. The highest BCUT2D eigenvalue weighted by molar-refractivity contribution is 5.79. The fourth-order valence-corrected chi connectivity index (χ4v) is 2.52. The van der Waals surface area contributed by atoms with E-state index >= 15 is 0 Å². The molecule has 1 N–H and O–H groups in total. The number of ether oxygens (including phenoxy) is 1. The molecule has 2 aromatic rings. The van der Waals surface area contributed by atoms with E-state index in [9.17, 15) is 0 Å². The first-order chi connectivity index (χ1) is 12.1. The Morgan fingerprint density at radius 2 is 1.92 bits per heavy atom. The van der Waals surface area contributed by atoms with Gasteiger partial charge in [0.05, 0.1) is 18.8 Å². The van der Waals surface area contributed by atoms with Crippen LogP contribution < -0.4 is 10.1 Å². The molecule has 0 radical (unpaired) electrons. The molecule has 0 aliphatic heterocycles. The number of aryl methyl sites for hydroxylation is 1. The maximum absolute atomic E-state index is 5.49. The molecule has 1 aromatic carbocycles. The van der Waals surface area contributed by atoms with Crippen LogP contribution in [0, 0.1) is 6.92 Å². The van der Waals surface area contributed by atoms with Crippen LogP contribution in [0.5, 0.6) is 5.75 Å². The van der Waals surface area contributed by atoms with Crippen LogP contribution in [0.25, 0.3) is 0 Å². The first-order valence-corrected chi connectivity index (χ1v) is 8.76. The van der Waals surface area contributed by atoms with Crippen LogP contribution in [0.2, 0.25) is 0 Å². The van der Waals surface area contributed by atoms with Crippen molar-refractivity contribution in [3.63, 3.8) is 0 Å². The zero-order valence-electron chi connectivity index (χ0n) is 15.6. The number of rotatable bonds is 7. The molecule has 2 rings (SSSR count). The fourth-order valence-electron chi connectivity index (χ4n) is 2.52. The lowest BCUT2D eigenvalue weighted by atomic mass is 10.2. The predicted octanol–water partition coefficient (Wildman–Crippen LogP) is 3.39. The van der Waals surface area contributed by atoms with Gasteiger partial charge < -0.3 is 15.0 Å². The van der Waals surface area contributed by atoms with Gasteiger partial charge in [0.15, 0.2) is 5.96 Å². The number of benzene rings is 1. The summed E-state index contributed by atoms with van der Waals surface area (Å²) < 4.78 is 5.49. The minimum Gasteiger partial charge on any atom is -0.494 e. The summed E-state index contributed by atoms with van der Waals surface area (Å²) in [4.78, 5) is 11.3. The Hall–Kier alpha value is -2.56. The van der Waals surface area contributed by atoms with E-state index in [1.165, 1.54) is 5.56 Å². The average molecular weight is 340 g/mol. The number of nitrogens with one attached hydrogen (secondary N) is 1. The van der Waals surface area contributed by atoms with Gasteiger partial charge in [-0.3, -0.25) is 4.98 Å². The summed E-state index contributed by atoms with van der Waals surface area (Å²) in [5.74, 6) is 1.78. The Morgan fingerprint density at radius 1 is 1.16 bits per heavy atom. The molecular weight excluding hydrogens is 312 g/mol. The summed E-state index contributed by atoms with van der Waals surface area (Å²) in [5, 5.41) is 3.34. The van der Waals surface area contributed by atoms with E-state index in [0.717, 1.165) is 36.2 Å². The van der Waals surface area contributed by atoms with Gasteiger partial charge in [0.25, 0.3) is 0 Å². The molecule has 0 atom stereocenters. The third-order valence-corrected chi connectivity index (χ3v) is 3.69. The lowest BCUT2D eigenvalue weighted by Crippen LogP contribution is -2.38. The molecule has 25 heavy (non-hydrogen) atoms. The van der Waals surface area contributed by atoms with Crippen LogP contribution in [0.1, 0.15) is 30.8 Å². The molecule has 0 fully saturated rings. The SMILES string of the molecule is CCNC(=NCc1cccc(C)n1)N(C)Cc1ccc(OCC)cc1. The third kappa shape index (κ3) is 6.10. The molecule has 0 aliphatic carbocycles. The summed E-state index contributed by atoms with van der Waals surface area (Å²) in [6.07, 6.45) is 0. The number of hydrogen-bond acceptors (Lipinski definition) is 3. The third-order valence-electron chi connectivity index (χ3n) is 3.69. The van der Waals surface area contributed by atoms with E-state index in [1.54, 1.807) is 0 Å². The molecule has 0 unspecified atom stereocenters. The first kappa shape index (κ1) is 18.8. The monoisotopic (exact) mass is 340 g/mol. The Labute approximate surface area is 150 Å². The fraction of sp³-hybridized carbons (Fsp3) is 0.400. The second-order valence-corrected chi connectivity index (χ2v) is 5.87. The molecule has 134 valence electrons. The zero-order chi connectivity index (χ0) is 18.1. The van der Waals surface area contributed by atoms with Crippen molar-refractivity contribution in [2.24, 2.45) is 4.99 Å². The quantitative estimate of drug-likeness (QED) is 0.620. The summed E-state index contributed by atoms with van der Waals surface area (Å²) in [6.45, 7) is 8.92. The van der Waals surface area contributed by atoms with Gasteiger partial charge in [0.1, 0.15) is 5.75 Å². The van der Waals surface area contributed by atoms with Crippen LogP contribution in [-0.4, -0.2) is 36.0 Å². The molecule has 0 amide bonds. The number of pyridine rings is 1. The zero-order valence-corrected chi connectivity index (χ0v) is 15.6. The van der Waals surface area contributed by atoms with Crippen LogP contribution in [0.3, 0.4) is 0 Å². The second kappa shape index (κ2) is 9.67. The molecule has 5 heteroatoms. The Morgan fingerprint density at radius 3 is 2.56 bits per heavy atom. The molecule has 0 spiro atoms. The van der Waals surface area contributed by atoms with Crippen molar-refractivity contribution in [2.45, 2.75) is 33.9 Å². The minimum atomic E-state index is 0.567. The average Bonchev–Trinajstić information content (AvgIpc) is 2.60. The van der Waals surface area contributed by atoms with E-state index in [0.29, 0.717) is 13.2 Å². The summed E-state index contributed by atoms with van der Waals surface area (Å²) in [7, 11) is 2.04. The largest absolute Gasteiger partial charge is 0.494 e. The van der Waals surface area contributed by atoms with Gasteiger partial charge in [0, 0.05) is 25.8 Å². The van der Waals surface area contributed by atoms with Crippen molar-refractivity contribution in [3.8, 4) is 5.75 Å². The van der Waals surface area contributed by atoms with Crippen LogP contribution in [-0.2, 0) is 13.1 Å². The minimum absolute atomic E-state index is 0.567. The van der Waals surface area contributed by atoms with Crippen molar-refractivity contribution in [2.75, 3.05) is 20.2 Å². The number of nitrogens with zero attached hydrogens (tertiary/aromatic N) is 3. The number of aliphatic imine (C=N–C) groups is 1. The summed E-state index contributed by atoms with van der Waals surface area (Å²) in [5.41, 5.74) is 3.20. The van der Waals surface area contributed by atoms with Gasteiger partial charge in [-0.25, -0.2) is 4.99 Å². The number of aromatic nitrogens is 1. The predicted molar refractivity (Wildman–Crippen MR) is 103 cm³/mol. The van der Waals surface area contributed by atoms with Crippen molar-refractivity contribution in [1.29, 1.82) is 0 Å². The maximum Gasteiger partial charge on any atom is 0.194 e. The van der Waals surface area contributed by atoms with Gasteiger partial charge in [-0.15, -0.1) is 0 Å². The normalized spacial score (nSPS) is 11.3. The lowest BCUT2D eigenvalue weighted by Gasteiger charge is -2.22. The molecule has 1 heterocycles. The van der Waals surface area contributed by atoms with Crippen molar-refractivity contribution >= 4 is 5.96 Å². The van der Waals surface area contributed by atoms with Gasteiger partial charge in [0.2, 0.25) is 0 Å². The van der Waals surface area contributed by atoms with Crippen molar-refractivity contribution in [1.82, 2.24) is 15.2 Å². The molecular formula is C20H28N4O. The van der Waals surface area contributed by atoms with Crippen LogP contribution in [0.15, 0.2) is 47.5 Å². The maximum atomic E-state index is 5.49. The van der Waals surface area contributed by atoms with E-state index < -0.39 is 0 Å². The molecule has 1 aromatic heterocycles. The van der Waals surface area contributed by atoms with Crippen LogP contribution in [0.4, 0.5) is 0 Å². The Bertz CT molecular complexity index is 682. The highest BCUT2D eigenvalue weighted by Gasteiger charge is 2.07. The van der Waals surface area contributed by atoms with E-state index in [1.807, 2.05) is 51.2 Å². The van der Waals surface area contributed by atoms with Gasteiger partial charge in [-0.2, -0.15) is 0 Å². The summed E-state index contributed by atoms with van der Waals surface area (Å²) >= 11 is 0. The van der Waals surface area contributed by atoms with E-state index in [4.69, 9.17) is 9.73 Å². The van der Waals surface area contributed by atoms with Crippen LogP contribution >= 0.6 is 0 Å². The van der Waals surface area contributed by atoms with Gasteiger partial charge in [-0.05, 0) is 50.6 Å². The van der Waals surface area contributed by atoms with E-state index in [-0.39, 0.29) is 0 Å². The molecule has 0 bridgehead atoms. The van der Waals surface area contributed by atoms with Gasteiger partial charge in [-0.1, -0.05) is 18.2 Å². The Balaban J connectivity index is 2.03. The first-order valence-electron chi connectivity index (χ1n) is 8.76. The molecule has 0 aliphatic rings. The highest BCUT2D eigenvalue weighted by Crippen LogP contribution is 2.13. The second-order valence-electron chi connectivity index (χ2n) is 5.87. The lowest BCUT2D eigenvalue weighted by molar-refractivity contribution is 0.340. The van der Waals surface area contributed by atoms with Crippen molar-refractivity contribution in [3.05, 3.63) is 59.4 Å². The number of hydrogen-bond donors (Lipinski definition) is 1. The topological polar surface area (TPSA) is 49.8 Å². The summed E-state index contributed by atoms with van der Waals surface area (Å²) in [6, 6.07) is 14.2. The standard InChI is InChI=1S/C20H28N4O/c1-5-21-20(22-14-18-9-7-8-16(3)23-18)24(4)15-17-10-12-19(13-11-17)25-6-2/h7-13H,5-6,14-15H2,1-4H3,(H,21,22).